The van der Waals surface area contributed by atoms with Gasteiger partial charge in [-0.1, -0.05) is 37.3 Å². The maximum Gasteiger partial charge on any atom is 0.516 e. The molecule has 0 radical (unpaired) electrons. The third-order valence-electron chi connectivity index (χ3n) is 6.61. The lowest BCUT2D eigenvalue weighted by Gasteiger charge is -2.14. The minimum Gasteiger partial charge on any atom is -0.459 e. The van der Waals surface area contributed by atoms with Crippen molar-refractivity contribution in [1.29, 1.82) is 0 Å². The lowest BCUT2D eigenvalue weighted by atomic mass is 10.1. The summed E-state index contributed by atoms with van der Waals surface area (Å²) in [4.78, 5) is 25.4. The molecule has 0 unspecified atom stereocenters. The molecule has 0 bridgehead atoms. The number of nitrogens with one attached hydrogen (secondary N) is 1. The third-order valence-corrected chi connectivity index (χ3v) is 7.71. The molecule has 0 aliphatic heterocycles. The van der Waals surface area contributed by atoms with Gasteiger partial charge >= 0.3 is 21.5 Å². The SMILES string of the molecule is CCc1nc2c(C)cc(COC(C)=O)nc2n1Cc1ccc2nc(-c3ccccc3NS(=O)(=O)C(F)(F)F)ccc2c1. The Balaban J connectivity index is 1.48. The molecule has 0 saturated carbocycles. The summed E-state index contributed by atoms with van der Waals surface area (Å²) in [6.45, 7) is 5.80. The number of hydrogen-bond donors (Lipinski definition) is 1. The van der Waals surface area contributed by atoms with E-state index in [1.54, 1.807) is 29.0 Å². The zero-order chi connectivity index (χ0) is 30.2. The first-order chi connectivity index (χ1) is 19.9. The van der Waals surface area contributed by atoms with E-state index in [1.807, 2.05) is 36.6 Å². The van der Waals surface area contributed by atoms with Crippen molar-refractivity contribution in [2.24, 2.45) is 0 Å². The lowest BCUT2D eigenvalue weighted by molar-refractivity contribution is -0.142. The number of nitrogens with zero attached hydrogens (tertiary/aromatic N) is 4. The molecular formula is C29H26F3N5O4S. The van der Waals surface area contributed by atoms with E-state index < -0.39 is 21.5 Å². The number of halogens is 3. The molecule has 0 aliphatic rings. The van der Waals surface area contributed by atoms with Crippen LogP contribution < -0.4 is 4.72 Å². The molecule has 0 atom stereocenters. The van der Waals surface area contributed by atoms with E-state index in [0.717, 1.165) is 27.9 Å². The topological polar surface area (TPSA) is 116 Å². The molecule has 42 heavy (non-hydrogen) atoms. The number of carbonyl (C=O) groups is 1. The quantitative estimate of drug-likeness (QED) is 0.222. The molecule has 0 spiro atoms. The van der Waals surface area contributed by atoms with Crippen LogP contribution in [0.1, 0.15) is 36.5 Å². The molecule has 0 aliphatic carbocycles. The Kier molecular flexibility index (Phi) is 7.62. The van der Waals surface area contributed by atoms with Crippen LogP contribution in [0.2, 0.25) is 0 Å². The summed E-state index contributed by atoms with van der Waals surface area (Å²) in [5.41, 5.74) is -0.661. The number of imidazole rings is 1. The number of aromatic nitrogens is 4. The second-order valence-electron chi connectivity index (χ2n) is 9.67. The third kappa shape index (κ3) is 5.77. The van der Waals surface area contributed by atoms with Crippen LogP contribution in [0.25, 0.3) is 33.3 Å². The fourth-order valence-electron chi connectivity index (χ4n) is 4.64. The molecule has 9 nitrogen and oxygen atoms in total. The number of benzene rings is 2. The molecule has 5 rings (SSSR count). The van der Waals surface area contributed by atoms with Crippen LogP contribution in [0, 0.1) is 6.92 Å². The Morgan fingerprint density at radius 2 is 1.79 bits per heavy atom. The van der Waals surface area contributed by atoms with Gasteiger partial charge in [0, 0.05) is 24.3 Å². The van der Waals surface area contributed by atoms with Gasteiger partial charge in [-0.05, 0) is 48.4 Å². The van der Waals surface area contributed by atoms with E-state index in [0.29, 0.717) is 35.5 Å². The molecular weight excluding hydrogens is 571 g/mol. The highest BCUT2D eigenvalue weighted by Crippen LogP contribution is 2.32. The molecule has 5 aromatic rings. The molecule has 218 valence electrons. The minimum atomic E-state index is -5.60. The van der Waals surface area contributed by atoms with Gasteiger partial charge in [0.15, 0.2) is 5.65 Å². The van der Waals surface area contributed by atoms with E-state index in [1.165, 1.54) is 25.1 Å². The molecule has 3 aromatic heterocycles. The summed E-state index contributed by atoms with van der Waals surface area (Å²) in [6, 6.07) is 16.7. The van der Waals surface area contributed by atoms with Gasteiger partial charge in [-0.3, -0.25) is 9.52 Å². The van der Waals surface area contributed by atoms with Crippen molar-refractivity contribution < 1.29 is 31.1 Å². The van der Waals surface area contributed by atoms with Crippen LogP contribution in [-0.4, -0.2) is 39.4 Å². The minimum absolute atomic E-state index is 0.0590. The molecule has 0 saturated heterocycles. The average Bonchev–Trinajstić information content (AvgIpc) is 3.29. The fourth-order valence-corrected chi connectivity index (χ4v) is 5.23. The number of aryl methyl sites for hydroxylation is 2. The summed E-state index contributed by atoms with van der Waals surface area (Å²) < 4.78 is 71.2. The van der Waals surface area contributed by atoms with E-state index in [9.17, 15) is 26.4 Å². The number of esters is 1. The van der Waals surface area contributed by atoms with E-state index in [4.69, 9.17) is 14.7 Å². The first-order valence-electron chi connectivity index (χ1n) is 12.9. The van der Waals surface area contributed by atoms with Gasteiger partial charge in [0.25, 0.3) is 0 Å². The monoisotopic (exact) mass is 597 g/mol. The Bertz CT molecular complexity index is 1940. The second-order valence-corrected chi connectivity index (χ2v) is 11.3. The van der Waals surface area contributed by atoms with Crippen LogP contribution in [0.15, 0.2) is 60.7 Å². The Labute approximate surface area is 239 Å². The van der Waals surface area contributed by atoms with Crippen molar-refractivity contribution in [2.75, 3.05) is 4.72 Å². The Hall–Kier alpha value is -4.52. The van der Waals surface area contributed by atoms with Crippen molar-refractivity contribution in [1.82, 2.24) is 19.5 Å². The lowest BCUT2D eigenvalue weighted by Crippen LogP contribution is -2.30. The van der Waals surface area contributed by atoms with Gasteiger partial charge in [0.2, 0.25) is 0 Å². The zero-order valence-corrected chi connectivity index (χ0v) is 23.7. The maximum absolute atomic E-state index is 13.0. The van der Waals surface area contributed by atoms with Crippen LogP contribution in [0.3, 0.4) is 0 Å². The fraction of sp³-hybridized carbons (Fsp3) is 0.241. The van der Waals surface area contributed by atoms with Crippen molar-refractivity contribution in [3.63, 3.8) is 0 Å². The van der Waals surface area contributed by atoms with Gasteiger partial charge in [0.05, 0.1) is 29.1 Å². The summed E-state index contributed by atoms with van der Waals surface area (Å²) in [5.74, 6) is 0.452. The number of pyridine rings is 2. The van der Waals surface area contributed by atoms with Gasteiger partial charge in [-0.25, -0.2) is 15.0 Å². The van der Waals surface area contributed by atoms with Crippen LogP contribution >= 0.6 is 0 Å². The number of anilines is 1. The number of carbonyl (C=O) groups excluding carboxylic acids is 1. The number of alkyl halides is 3. The standard InChI is InChI=1S/C29H26F3N5O4S/c1-4-26-35-27-17(2)13-21(16-41-18(3)38)33-28(27)37(26)15-19-9-11-23-20(14-19)10-12-24(34-23)22-7-5-6-8-25(22)36-42(39,40)29(30,31)32/h5-14,36H,4,15-16H2,1-3H3. The number of ether oxygens (including phenoxy) is 1. The maximum atomic E-state index is 13.0. The van der Waals surface area contributed by atoms with Gasteiger partial charge in [-0.15, -0.1) is 0 Å². The number of para-hydroxylation sites is 1. The number of hydrogen-bond acceptors (Lipinski definition) is 7. The molecule has 1 N–H and O–H groups in total. The van der Waals surface area contributed by atoms with Gasteiger partial charge in [-0.2, -0.15) is 21.6 Å². The van der Waals surface area contributed by atoms with Crippen molar-refractivity contribution in [2.45, 2.75) is 45.9 Å². The Morgan fingerprint density at radius 1 is 1.02 bits per heavy atom. The molecule has 0 amide bonds. The summed E-state index contributed by atoms with van der Waals surface area (Å²) in [7, 11) is -5.60. The molecule has 3 heterocycles. The van der Waals surface area contributed by atoms with Crippen LogP contribution in [0.4, 0.5) is 18.9 Å². The van der Waals surface area contributed by atoms with Crippen molar-refractivity contribution in [3.8, 4) is 11.3 Å². The smallest absolute Gasteiger partial charge is 0.459 e. The van der Waals surface area contributed by atoms with Gasteiger partial charge in [0.1, 0.15) is 17.9 Å². The highest BCUT2D eigenvalue weighted by Gasteiger charge is 2.46. The van der Waals surface area contributed by atoms with Crippen molar-refractivity contribution >= 4 is 43.7 Å². The summed E-state index contributed by atoms with van der Waals surface area (Å²) in [5, 5.41) is 0.784. The number of fused-ring (bicyclic) bond motifs is 2. The average molecular weight is 598 g/mol. The summed E-state index contributed by atoms with van der Waals surface area (Å²) >= 11 is 0. The first kappa shape index (κ1) is 29.0. The predicted octanol–water partition coefficient (Wildman–Crippen LogP) is 5.89. The van der Waals surface area contributed by atoms with E-state index in [-0.39, 0.29) is 17.9 Å². The largest absolute Gasteiger partial charge is 0.516 e. The van der Waals surface area contributed by atoms with E-state index in [2.05, 4.69) is 4.98 Å². The van der Waals surface area contributed by atoms with Crippen LogP contribution in [0.5, 0.6) is 0 Å². The normalized spacial score (nSPS) is 12.1. The predicted molar refractivity (Wildman–Crippen MR) is 152 cm³/mol. The van der Waals surface area contributed by atoms with Crippen LogP contribution in [-0.2, 0) is 39.1 Å². The second kappa shape index (κ2) is 11.0. The van der Waals surface area contributed by atoms with Crippen molar-refractivity contribution in [3.05, 3.63) is 83.3 Å². The Morgan fingerprint density at radius 3 is 2.50 bits per heavy atom. The number of sulfonamides is 1. The molecule has 0 fully saturated rings. The van der Waals surface area contributed by atoms with E-state index >= 15 is 0 Å². The molecule has 13 heteroatoms. The zero-order valence-electron chi connectivity index (χ0n) is 22.9. The van der Waals surface area contributed by atoms with Gasteiger partial charge < -0.3 is 9.30 Å². The first-order valence-corrected chi connectivity index (χ1v) is 14.4. The summed E-state index contributed by atoms with van der Waals surface area (Å²) in [6.07, 6.45) is 0.672. The highest BCUT2D eigenvalue weighted by molar-refractivity contribution is 7.93. The highest BCUT2D eigenvalue weighted by atomic mass is 32.2. The molecule has 2 aromatic carbocycles. The number of rotatable bonds is 8.